The highest BCUT2D eigenvalue weighted by Gasteiger charge is 2.13. The zero-order chi connectivity index (χ0) is 15.4. The average Bonchev–Trinajstić information content (AvgIpc) is 2.44. The van der Waals surface area contributed by atoms with E-state index in [2.05, 4.69) is 15.6 Å². The van der Waals surface area contributed by atoms with Gasteiger partial charge in [-0.1, -0.05) is 6.07 Å². The van der Waals surface area contributed by atoms with E-state index in [0.29, 0.717) is 18.0 Å². The van der Waals surface area contributed by atoms with Crippen molar-refractivity contribution < 1.29 is 13.5 Å². The predicted molar refractivity (Wildman–Crippen MR) is 79.3 cm³/mol. The fourth-order valence-corrected chi connectivity index (χ4v) is 1.89. The molecule has 21 heavy (non-hydrogen) atoms. The van der Waals surface area contributed by atoms with E-state index >= 15 is 0 Å². The Morgan fingerprint density at radius 1 is 1.14 bits per heavy atom. The number of rotatable bonds is 5. The van der Waals surface area contributed by atoms with Crippen LogP contribution in [0.15, 0.2) is 24.3 Å². The second-order valence-electron chi connectivity index (χ2n) is 4.51. The molecule has 0 atom stereocenters. The first-order valence-corrected chi connectivity index (χ1v) is 6.56. The molecule has 1 heterocycles. The van der Waals surface area contributed by atoms with Crippen LogP contribution in [0.2, 0.25) is 0 Å². The number of anilines is 3. The number of halogens is 2. The zero-order valence-electron chi connectivity index (χ0n) is 12.1. The summed E-state index contributed by atoms with van der Waals surface area (Å²) in [5.74, 6) is -0.991. The molecular weight excluding hydrogens is 276 g/mol. The number of aryl methyl sites for hydroxylation is 1. The second-order valence-corrected chi connectivity index (χ2v) is 4.51. The minimum Gasteiger partial charge on any atom is -0.495 e. The van der Waals surface area contributed by atoms with Crippen LogP contribution >= 0.6 is 0 Å². The Balaban J connectivity index is 2.39. The Labute approximate surface area is 122 Å². The largest absolute Gasteiger partial charge is 0.495 e. The van der Waals surface area contributed by atoms with Gasteiger partial charge in [0.25, 0.3) is 0 Å². The van der Waals surface area contributed by atoms with Crippen molar-refractivity contribution in [3.8, 4) is 5.75 Å². The Kier molecular flexibility index (Phi) is 4.57. The van der Waals surface area contributed by atoms with Crippen LogP contribution in [0.1, 0.15) is 12.5 Å². The SMILES string of the molecule is CCNc1nc(Nc2cc(C)ccc2OC)c(F)cc1F. The van der Waals surface area contributed by atoms with Crippen molar-refractivity contribution in [3.05, 3.63) is 41.5 Å². The van der Waals surface area contributed by atoms with Gasteiger partial charge in [-0.15, -0.1) is 0 Å². The Bertz CT molecular complexity index is 647. The van der Waals surface area contributed by atoms with Crippen molar-refractivity contribution in [1.29, 1.82) is 0 Å². The molecule has 0 radical (unpaired) electrons. The van der Waals surface area contributed by atoms with Crippen LogP contribution < -0.4 is 15.4 Å². The van der Waals surface area contributed by atoms with Crippen LogP contribution in [0.25, 0.3) is 0 Å². The lowest BCUT2D eigenvalue weighted by molar-refractivity contribution is 0.416. The van der Waals surface area contributed by atoms with E-state index in [9.17, 15) is 8.78 Å². The number of benzene rings is 1. The summed E-state index contributed by atoms with van der Waals surface area (Å²) >= 11 is 0. The van der Waals surface area contributed by atoms with E-state index in [0.717, 1.165) is 11.6 Å². The van der Waals surface area contributed by atoms with E-state index < -0.39 is 11.6 Å². The fraction of sp³-hybridized carbons (Fsp3) is 0.267. The van der Waals surface area contributed by atoms with Crippen LogP contribution in [0.4, 0.5) is 26.1 Å². The minimum absolute atomic E-state index is 0.00743. The van der Waals surface area contributed by atoms with Gasteiger partial charge < -0.3 is 15.4 Å². The quantitative estimate of drug-likeness (QED) is 0.879. The third-order valence-corrected chi connectivity index (χ3v) is 2.88. The van der Waals surface area contributed by atoms with Crippen molar-refractivity contribution in [2.45, 2.75) is 13.8 Å². The molecule has 2 rings (SSSR count). The van der Waals surface area contributed by atoms with Crippen LogP contribution in [0.5, 0.6) is 5.75 Å². The van der Waals surface area contributed by atoms with Gasteiger partial charge in [-0.2, -0.15) is 0 Å². The molecule has 0 bridgehead atoms. The van der Waals surface area contributed by atoms with Gasteiger partial charge in [0, 0.05) is 12.6 Å². The van der Waals surface area contributed by atoms with E-state index in [1.807, 2.05) is 13.0 Å². The third kappa shape index (κ3) is 3.39. The molecule has 6 heteroatoms. The van der Waals surface area contributed by atoms with Gasteiger partial charge in [0.2, 0.25) is 0 Å². The number of aromatic nitrogens is 1. The molecule has 0 spiro atoms. The second kappa shape index (κ2) is 6.39. The Morgan fingerprint density at radius 3 is 2.52 bits per heavy atom. The molecule has 0 amide bonds. The van der Waals surface area contributed by atoms with Gasteiger partial charge >= 0.3 is 0 Å². The number of pyridine rings is 1. The van der Waals surface area contributed by atoms with Gasteiger partial charge in [-0.05, 0) is 31.5 Å². The van der Waals surface area contributed by atoms with E-state index in [4.69, 9.17) is 4.74 Å². The molecule has 0 aliphatic carbocycles. The smallest absolute Gasteiger partial charge is 0.169 e. The summed E-state index contributed by atoms with van der Waals surface area (Å²) in [5.41, 5.74) is 1.55. The molecule has 0 saturated heterocycles. The van der Waals surface area contributed by atoms with Crippen molar-refractivity contribution in [3.63, 3.8) is 0 Å². The van der Waals surface area contributed by atoms with Gasteiger partial charge in [0.15, 0.2) is 23.3 Å². The number of methoxy groups -OCH3 is 1. The highest BCUT2D eigenvalue weighted by atomic mass is 19.1. The number of nitrogens with zero attached hydrogens (tertiary/aromatic N) is 1. The topological polar surface area (TPSA) is 46.2 Å². The molecule has 1 aromatic carbocycles. The maximum atomic E-state index is 13.9. The molecule has 0 saturated carbocycles. The van der Waals surface area contributed by atoms with Gasteiger partial charge in [0.1, 0.15) is 5.75 Å². The molecule has 0 fully saturated rings. The maximum absolute atomic E-state index is 13.9. The van der Waals surface area contributed by atoms with Gasteiger partial charge in [-0.25, -0.2) is 13.8 Å². The molecular formula is C15H17F2N3O. The molecule has 4 nitrogen and oxygen atoms in total. The monoisotopic (exact) mass is 293 g/mol. The van der Waals surface area contributed by atoms with Crippen LogP contribution in [0.3, 0.4) is 0 Å². The summed E-state index contributed by atoms with van der Waals surface area (Å²) < 4.78 is 32.6. The lowest BCUT2D eigenvalue weighted by atomic mass is 10.2. The van der Waals surface area contributed by atoms with Crippen LogP contribution in [-0.4, -0.2) is 18.6 Å². The summed E-state index contributed by atoms with van der Waals surface area (Å²) in [6.07, 6.45) is 0. The average molecular weight is 293 g/mol. The molecule has 0 aliphatic rings. The van der Waals surface area contributed by atoms with E-state index in [1.54, 1.807) is 19.1 Å². The third-order valence-electron chi connectivity index (χ3n) is 2.88. The highest BCUT2D eigenvalue weighted by molar-refractivity contribution is 5.66. The summed E-state index contributed by atoms with van der Waals surface area (Å²) in [6.45, 7) is 4.20. The summed E-state index contributed by atoms with van der Waals surface area (Å²) in [4.78, 5) is 3.93. The van der Waals surface area contributed by atoms with Gasteiger partial charge in [-0.3, -0.25) is 0 Å². The summed E-state index contributed by atoms with van der Waals surface area (Å²) in [7, 11) is 1.52. The molecule has 112 valence electrons. The number of hydrogen-bond acceptors (Lipinski definition) is 4. The number of ether oxygens (including phenoxy) is 1. The zero-order valence-corrected chi connectivity index (χ0v) is 12.1. The van der Waals surface area contributed by atoms with Crippen LogP contribution in [0, 0.1) is 18.6 Å². The number of hydrogen-bond donors (Lipinski definition) is 2. The first-order valence-electron chi connectivity index (χ1n) is 6.56. The predicted octanol–water partition coefficient (Wildman–Crippen LogP) is 3.85. The molecule has 0 unspecified atom stereocenters. The first kappa shape index (κ1) is 15.0. The van der Waals surface area contributed by atoms with Crippen molar-refractivity contribution in [1.82, 2.24) is 4.98 Å². The van der Waals surface area contributed by atoms with Crippen molar-refractivity contribution >= 4 is 17.3 Å². The highest BCUT2D eigenvalue weighted by Crippen LogP contribution is 2.30. The fourth-order valence-electron chi connectivity index (χ4n) is 1.89. The minimum atomic E-state index is -0.766. The molecule has 0 aliphatic heterocycles. The molecule has 2 N–H and O–H groups in total. The van der Waals surface area contributed by atoms with Crippen molar-refractivity contribution in [2.75, 3.05) is 24.3 Å². The Hall–Kier alpha value is -2.37. The normalized spacial score (nSPS) is 10.3. The summed E-state index contributed by atoms with van der Waals surface area (Å²) in [5, 5.41) is 5.59. The standard InChI is InChI=1S/C15H17F2N3O/c1-4-18-14-10(16)8-11(17)15(20-14)19-12-7-9(2)5-6-13(12)21-3/h5-8H,4H2,1-3H3,(H2,18,19,20). The van der Waals surface area contributed by atoms with Crippen LogP contribution in [-0.2, 0) is 0 Å². The van der Waals surface area contributed by atoms with E-state index in [1.165, 1.54) is 7.11 Å². The maximum Gasteiger partial charge on any atom is 0.169 e. The summed E-state index contributed by atoms with van der Waals surface area (Å²) in [6, 6.07) is 6.25. The molecule has 2 aromatic rings. The number of nitrogens with one attached hydrogen (secondary N) is 2. The first-order chi connectivity index (χ1) is 10.0. The van der Waals surface area contributed by atoms with Gasteiger partial charge in [0.05, 0.1) is 12.8 Å². The molecule has 1 aromatic heterocycles. The lowest BCUT2D eigenvalue weighted by Gasteiger charge is -2.13. The van der Waals surface area contributed by atoms with E-state index in [-0.39, 0.29) is 11.6 Å². The lowest BCUT2D eigenvalue weighted by Crippen LogP contribution is -2.07. The van der Waals surface area contributed by atoms with Crippen molar-refractivity contribution in [2.24, 2.45) is 0 Å². The Morgan fingerprint density at radius 2 is 1.86 bits per heavy atom.